The van der Waals surface area contributed by atoms with E-state index in [0.717, 1.165) is 36.8 Å². The molecule has 5 heteroatoms. The number of ketones is 1. The second kappa shape index (κ2) is 10.0. The van der Waals surface area contributed by atoms with E-state index in [4.69, 9.17) is 4.74 Å². The van der Waals surface area contributed by atoms with Crippen LogP contribution < -0.4 is 5.32 Å². The molecule has 1 aliphatic rings. The first kappa shape index (κ1) is 20.8. The summed E-state index contributed by atoms with van der Waals surface area (Å²) in [7, 11) is 0. The molecule has 0 bridgehead atoms. The van der Waals surface area contributed by atoms with Crippen LogP contribution in [0.2, 0.25) is 0 Å². The predicted molar refractivity (Wildman–Crippen MR) is 111 cm³/mol. The van der Waals surface area contributed by atoms with Crippen molar-refractivity contribution < 1.29 is 19.1 Å². The maximum Gasteiger partial charge on any atom is 0.307 e. The fraction of sp³-hybridized carbons (Fsp3) is 0.375. The lowest BCUT2D eigenvalue weighted by molar-refractivity contribution is -0.155. The van der Waals surface area contributed by atoms with E-state index < -0.39 is 12.1 Å². The summed E-state index contributed by atoms with van der Waals surface area (Å²) in [5.41, 5.74) is 2.67. The summed E-state index contributed by atoms with van der Waals surface area (Å²) in [6, 6.07) is 17.4. The Morgan fingerprint density at radius 3 is 2.21 bits per heavy atom. The number of benzene rings is 2. The maximum absolute atomic E-state index is 12.4. The number of amides is 1. The molecule has 152 valence electrons. The van der Waals surface area contributed by atoms with E-state index in [1.807, 2.05) is 42.5 Å². The number of hydrogen-bond acceptors (Lipinski definition) is 4. The van der Waals surface area contributed by atoms with Crippen molar-refractivity contribution in [2.45, 2.75) is 57.6 Å². The van der Waals surface area contributed by atoms with Gasteiger partial charge in [-0.3, -0.25) is 14.4 Å². The highest BCUT2D eigenvalue weighted by Crippen LogP contribution is 2.20. The van der Waals surface area contributed by atoms with Gasteiger partial charge in [0.05, 0.1) is 6.42 Å². The minimum absolute atomic E-state index is 0.0414. The van der Waals surface area contributed by atoms with Crippen LogP contribution in [-0.2, 0) is 14.3 Å². The number of ether oxygens (including phenoxy) is 1. The Labute approximate surface area is 171 Å². The van der Waals surface area contributed by atoms with Gasteiger partial charge in [-0.2, -0.15) is 0 Å². The van der Waals surface area contributed by atoms with E-state index in [1.54, 1.807) is 19.1 Å². The predicted octanol–water partition coefficient (Wildman–Crippen LogP) is 4.31. The average molecular weight is 393 g/mol. The topological polar surface area (TPSA) is 72.5 Å². The molecule has 0 saturated heterocycles. The minimum atomic E-state index is -0.844. The third-order valence-corrected chi connectivity index (χ3v) is 5.25. The van der Waals surface area contributed by atoms with Gasteiger partial charge in [-0.25, -0.2) is 0 Å². The highest BCUT2D eigenvalue weighted by molar-refractivity contribution is 5.98. The van der Waals surface area contributed by atoms with E-state index in [9.17, 15) is 14.4 Å². The van der Waals surface area contributed by atoms with Gasteiger partial charge >= 0.3 is 5.97 Å². The number of Topliss-reactive ketones (excluding diaryl/α,β-unsaturated/α-hetero) is 1. The van der Waals surface area contributed by atoms with Crippen molar-refractivity contribution in [3.05, 3.63) is 60.2 Å². The molecule has 0 aromatic heterocycles. The Balaban J connectivity index is 1.44. The molecule has 1 atom stereocenters. The van der Waals surface area contributed by atoms with Gasteiger partial charge in [0.2, 0.25) is 0 Å². The van der Waals surface area contributed by atoms with E-state index in [-0.39, 0.29) is 30.6 Å². The first-order valence-corrected chi connectivity index (χ1v) is 10.2. The van der Waals surface area contributed by atoms with Gasteiger partial charge in [0.1, 0.15) is 0 Å². The van der Waals surface area contributed by atoms with Crippen molar-refractivity contribution in [3.63, 3.8) is 0 Å². The molecule has 3 rings (SSSR count). The molecule has 2 aromatic carbocycles. The smallest absolute Gasteiger partial charge is 0.307 e. The monoisotopic (exact) mass is 393 g/mol. The molecule has 0 aliphatic heterocycles. The van der Waals surface area contributed by atoms with E-state index >= 15 is 0 Å². The molecule has 29 heavy (non-hydrogen) atoms. The van der Waals surface area contributed by atoms with Crippen molar-refractivity contribution in [2.24, 2.45) is 0 Å². The van der Waals surface area contributed by atoms with Crippen LogP contribution in [0, 0.1) is 0 Å². The van der Waals surface area contributed by atoms with Gasteiger partial charge in [-0.15, -0.1) is 0 Å². The van der Waals surface area contributed by atoms with Crippen molar-refractivity contribution in [1.29, 1.82) is 0 Å². The van der Waals surface area contributed by atoms with Gasteiger partial charge < -0.3 is 10.1 Å². The molecule has 5 nitrogen and oxygen atoms in total. The molecule has 2 aromatic rings. The molecular formula is C24H27NO4. The van der Waals surface area contributed by atoms with Gasteiger partial charge in [-0.1, -0.05) is 67.4 Å². The first-order chi connectivity index (χ1) is 14.0. The summed E-state index contributed by atoms with van der Waals surface area (Å²) in [6.45, 7) is 1.56. The van der Waals surface area contributed by atoms with Crippen molar-refractivity contribution in [3.8, 4) is 11.1 Å². The fourth-order valence-corrected chi connectivity index (χ4v) is 3.54. The van der Waals surface area contributed by atoms with Crippen LogP contribution >= 0.6 is 0 Å². The molecule has 1 N–H and O–H groups in total. The van der Waals surface area contributed by atoms with E-state index in [2.05, 4.69) is 5.32 Å². The summed E-state index contributed by atoms with van der Waals surface area (Å²) < 4.78 is 5.18. The molecule has 0 radical (unpaired) electrons. The average Bonchev–Trinajstić information content (AvgIpc) is 3.25. The van der Waals surface area contributed by atoms with Gasteiger partial charge in [0.15, 0.2) is 11.9 Å². The third-order valence-electron chi connectivity index (χ3n) is 5.25. The zero-order valence-corrected chi connectivity index (χ0v) is 16.7. The van der Waals surface area contributed by atoms with Crippen LogP contribution in [0.5, 0.6) is 0 Å². The highest BCUT2D eigenvalue weighted by atomic mass is 16.5. The Morgan fingerprint density at radius 1 is 0.931 bits per heavy atom. The van der Waals surface area contributed by atoms with Crippen LogP contribution in [-0.4, -0.2) is 29.8 Å². The third kappa shape index (κ3) is 6.01. The van der Waals surface area contributed by atoms with Crippen LogP contribution in [0.4, 0.5) is 0 Å². The first-order valence-electron chi connectivity index (χ1n) is 10.2. The summed E-state index contributed by atoms with van der Waals surface area (Å²) in [5.74, 6) is -0.925. The highest BCUT2D eigenvalue weighted by Gasteiger charge is 2.23. The number of carbonyl (C=O) groups excluding carboxylic acids is 3. The van der Waals surface area contributed by atoms with Crippen LogP contribution in [0.3, 0.4) is 0 Å². The van der Waals surface area contributed by atoms with Gasteiger partial charge in [-0.05, 0) is 30.9 Å². The van der Waals surface area contributed by atoms with Crippen molar-refractivity contribution in [1.82, 2.24) is 5.32 Å². The molecule has 0 heterocycles. The lowest BCUT2D eigenvalue weighted by atomic mass is 10.0. The zero-order valence-electron chi connectivity index (χ0n) is 16.7. The van der Waals surface area contributed by atoms with Crippen LogP contribution in [0.15, 0.2) is 54.6 Å². The summed E-state index contributed by atoms with van der Waals surface area (Å²) in [4.78, 5) is 36.5. The number of carbonyl (C=O) groups is 3. The molecular weight excluding hydrogens is 366 g/mol. The van der Waals surface area contributed by atoms with E-state index in [0.29, 0.717) is 5.56 Å². The Morgan fingerprint density at radius 2 is 1.55 bits per heavy atom. The quantitative estimate of drug-likeness (QED) is 0.536. The fourth-order valence-electron chi connectivity index (χ4n) is 3.54. The van der Waals surface area contributed by atoms with Gasteiger partial charge in [0, 0.05) is 18.0 Å². The van der Waals surface area contributed by atoms with Gasteiger partial charge in [0.25, 0.3) is 5.91 Å². The molecule has 1 aliphatic carbocycles. The summed E-state index contributed by atoms with van der Waals surface area (Å²) in [5, 5.41) is 2.91. The number of nitrogens with one attached hydrogen (secondary N) is 1. The molecule has 1 amide bonds. The molecule has 0 unspecified atom stereocenters. The van der Waals surface area contributed by atoms with Crippen molar-refractivity contribution in [2.75, 3.05) is 0 Å². The SMILES string of the molecule is C[C@@H](OC(=O)CCC(=O)c1ccc(-c2ccccc2)cc1)C(=O)NC1CCCC1. The maximum atomic E-state index is 12.4. The van der Waals surface area contributed by atoms with E-state index in [1.165, 1.54) is 0 Å². The Hall–Kier alpha value is -2.95. The lowest BCUT2D eigenvalue weighted by Gasteiger charge is -2.17. The molecule has 1 saturated carbocycles. The summed E-state index contributed by atoms with van der Waals surface area (Å²) in [6.07, 6.45) is 3.36. The molecule has 1 fully saturated rings. The standard InChI is InChI=1S/C24H27NO4/c1-17(24(28)25-21-9-5-6-10-21)29-23(27)16-15-22(26)20-13-11-19(12-14-20)18-7-3-2-4-8-18/h2-4,7-8,11-14,17,21H,5-6,9-10,15-16H2,1H3,(H,25,28)/t17-/m1/s1. The lowest BCUT2D eigenvalue weighted by Crippen LogP contribution is -2.40. The Kier molecular flexibility index (Phi) is 7.17. The second-order valence-electron chi connectivity index (χ2n) is 7.49. The zero-order chi connectivity index (χ0) is 20.6. The minimum Gasteiger partial charge on any atom is -0.453 e. The number of hydrogen-bond donors (Lipinski definition) is 1. The van der Waals surface area contributed by atoms with Crippen LogP contribution in [0.1, 0.15) is 55.8 Å². The largest absolute Gasteiger partial charge is 0.453 e. The normalized spacial score (nSPS) is 14.9. The number of rotatable bonds is 8. The summed E-state index contributed by atoms with van der Waals surface area (Å²) >= 11 is 0. The second-order valence-corrected chi connectivity index (χ2v) is 7.49. The molecule has 0 spiro atoms. The van der Waals surface area contributed by atoms with Crippen molar-refractivity contribution >= 4 is 17.7 Å². The van der Waals surface area contributed by atoms with Crippen LogP contribution in [0.25, 0.3) is 11.1 Å². The Bertz CT molecular complexity index is 839. The number of esters is 1.